The molecule has 0 spiro atoms. The average Bonchev–Trinajstić information content (AvgIpc) is 2.81. The number of carbonyl (C=O) groups excluding carboxylic acids is 1. The standard InChI is InChI=1S/C25H21FN4O2.ClH/c26-20-15-18(11-12-19(20)21-13-14-22(31)30-29-21)28-25(32)24(27)23(16-7-3-1-4-8-16)17-9-5-2-6-10-17;/h1-15,23-24H,27H2,(H,28,32)(H,30,31);1H/t24-;/m0./s1. The van der Waals surface area contributed by atoms with Crippen molar-refractivity contribution in [1.29, 1.82) is 0 Å². The Morgan fingerprint density at radius 1 is 0.909 bits per heavy atom. The summed E-state index contributed by atoms with van der Waals surface area (Å²) >= 11 is 0. The van der Waals surface area contributed by atoms with Crippen molar-refractivity contribution < 1.29 is 9.18 Å². The molecule has 0 aliphatic carbocycles. The average molecular weight is 465 g/mol. The topological polar surface area (TPSA) is 101 Å². The molecule has 0 radical (unpaired) electrons. The van der Waals surface area contributed by atoms with Gasteiger partial charge in [0.15, 0.2) is 0 Å². The minimum absolute atomic E-state index is 0. The van der Waals surface area contributed by atoms with E-state index in [4.69, 9.17) is 5.73 Å². The van der Waals surface area contributed by atoms with Crippen LogP contribution in [-0.2, 0) is 4.79 Å². The van der Waals surface area contributed by atoms with Gasteiger partial charge in [0, 0.05) is 23.2 Å². The zero-order valence-electron chi connectivity index (χ0n) is 17.4. The number of hydrogen-bond donors (Lipinski definition) is 3. The maximum atomic E-state index is 14.7. The molecule has 4 rings (SSSR count). The fourth-order valence-corrected chi connectivity index (χ4v) is 3.60. The van der Waals surface area contributed by atoms with Gasteiger partial charge >= 0.3 is 0 Å². The second-order valence-electron chi connectivity index (χ2n) is 7.32. The van der Waals surface area contributed by atoms with E-state index in [2.05, 4.69) is 15.5 Å². The molecular weight excluding hydrogens is 443 g/mol. The quantitative estimate of drug-likeness (QED) is 0.400. The molecule has 4 N–H and O–H groups in total. The third-order valence-corrected chi connectivity index (χ3v) is 5.17. The summed E-state index contributed by atoms with van der Waals surface area (Å²) in [5.74, 6) is -1.39. The summed E-state index contributed by atoms with van der Waals surface area (Å²) in [4.78, 5) is 24.2. The Bertz CT molecular complexity index is 1220. The van der Waals surface area contributed by atoms with Gasteiger partial charge in [0.1, 0.15) is 5.82 Å². The molecule has 0 saturated carbocycles. The number of H-pyrrole nitrogens is 1. The van der Waals surface area contributed by atoms with Gasteiger partial charge in [0.2, 0.25) is 5.91 Å². The van der Waals surface area contributed by atoms with Crippen molar-refractivity contribution in [2.24, 2.45) is 5.73 Å². The fraction of sp³-hybridized carbons (Fsp3) is 0.0800. The highest BCUT2D eigenvalue weighted by atomic mass is 35.5. The minimum Gasteiger partial charge on any atom is -0.325 e. The van der Waals surface area contributed by atoms with Crippen LogP contribution in [0.15, 0.2) is 95.8 Å². The maximum Gasteiger partial charge on any atom is 0.264 e. The Labute approximate surface area is 196 Å². The molecule has 1 atom stereocenters. The first kappa shape index (κ1) is 23.8. The van der Waals surface area contributed by atoms with Gasteiger partial charge in [-0.2, -0.15) is 5.10 Å². The molecule has 0 unspecified atom stereocenters. The summed E-state index contributed by atoms with van der Waals surface area (Å²) in [5.41, 5.74) is 8.60. The van der Waals surface area contributed by atoms with Crippen LogP contribution in [0.2, 0.25) is 0 Å². The second-order valence-corrected chi connectivity index (χ2v) is 7.32. The molecule has 6 nitrogen and oxygen atoms in total. The second kappa shape index (κ2) is 10.7. The highest BCUT2D eigenvalue weighted by Gasteiger charge is 2.28. The Hall–Kier alpha value is -3.81. The Morgan fingerprint density at radius 3 is 2.03 bits per heavy atom. The van der Waals surface area contributed by atoms with E-state index in [-0.39, 0.29) is 40.8 Å². The number of hydrogen-bond acceptors (Lipinski definition) is 4. The van der Waals surface area contributed by atoms with Crippen molar-refractivity contribution in [2.75, 3.05) is 5.32 Å². The summed E-state index contributed by atoms with van der Waals surface area (Å²) in [6, 6.07) is 25.2. The fourth-order valence-electron chi connectivity index (χ4n) is 3.60. The van der Waals surface area contributed by atoms with Crippen molar-refractivity contribution in [3.05, 3.63) is 118 Å². The number of aromatic nitrogens is 2. The zero-order valence-corrected chi connectivity index (χ0v) is 18.3. The number of nitrogens with zero attached hydrogens (tertiary/aromatic N) is 1. The molecule has 3 aromatic carbocycles. The number of amides is 1. The van der Waals surface area contributed by atoms with E-state index in [1.54, 1.807) is 6.07 Å². The van der Waals surface area contributed by atoms with Crippen molar-refractivity contribution >= 4 is 24.0 Å². The van der Waals surface area contributed by atoms with Crippen LogP contribution in [0.25, 0.3) is 11.3 Å². The summed E-state index contributed by atoms with van der Waals surface area (Å²) in [7, 11) is 0. The molecule has 0 aliphatic rings. The molecule has 4 aromatic rings. The van der Waals surface area contributed by atoms with Crippen molar-refractivity contribution in [1.82, 2.24) is 10.2 Å². The number of nitrogens with two attached hydrogens (primary N) is 1. The molecule has 168 valence electrons. The largest absolute Gasteiger partial charge is 0.325 e. The third-order valence-electron chi connectivity index (χ3n) is 5.17. The molecule has 1 heterocycles. The Kier molecular flexibility index (Phi) is 7.71. The normalized spacial score (nSPS) is 11.5. The highest BCUT2D eigenvalue weighted by Crippen LogP contribution is 2.28. The van der Waals surface area contributed by atoms with Gasteiger partial charge in [-0.1, -0.05) is 60.7 Å². The molecule has 0 fully saturated rings. The number of carbonyl (C=O) groups is 1. The number of benzene rings is 3. The predicted octanol–water partition coefficient (Wildman–Crippen LogP) is 4.10. The predicted molar refractivity (Wildman–Crippen MR) is 129 cm³/mol. The lowest BCUT2D eigenvalue weighted by molar-refractivity contribution is -0.117. The van der Waals surface area contributed by atoms with Crippen LogP contribution in [0, 0.1) is 5.82 Å². The number of nitrogens with one attached hydrogen (secondary N) is 2. The number of aromatic amines is 1. The van der Waals surface area contributed by atoms with E-state index < -0.39 is 17.8 Å². The first-order chi connectivity index (χ1) is 15.5. The van der Waals surface area contributed by atoms with E-state index in [1.165, 1.54) is 24.3 Å². The highest BCUT2D eigenvalue weighted by molar-refractivity contribution is 5.96. The minimum atomic E-state index is -0.900. The van der Waals surface area contributed by atoms with Crippen LogP contribution < -0.4 is 16.6 Å². The summed E-state index contributed by atoms with van der Waals surface area (Å²) in [5, 5.41) is 8.81. The molecular formula is C25H22ClFN4O2. The molecule has 8 heteroatoms. The van der Waals surface area contributed by atoms with Crippen molar-refractivity contribution in [2.45, 2.75) is 12.0 Å². The van der Waals surface area contributed by atoms with Crippen LogP contribution in [0.3, 0.4) is 0 Å². The lowest BCUT2D eigenvalue weighted by Crippen LogP contribution is -2.41. The van der Waals surface area contributed by atoms with Gasteiger partial charge in [0.25, 0.3) is 5.56 Å². The SMILES string of the molecule is Cl.N[C@H](C(=O)Nc1ccc(-c2ccc(=O)[nH]n2)c(F)c1)C(c1ccccc1)c1ccccc1. The first-order valence-corrected chi connectivity index (χ1v) is 10.0. The smallest absolute Gasteiger partial charge is 0.264 e. The van der Waals surface area contributed by atoms with Gasteiger partial charge in [-0.15, -0.1) is 12.4 Å². The van der Waals surface area contributed by atoms with Crippen LogP contribution in [-0.4, -0.2) is 22.1 Å². The van der Waals surface area contributed by atoms with Gasteiger partial charge in [-0.3, -0.25) is 9.59 Å². The molecule has 0 saturated heterocycles. The lowest BCUT2D eigenvalue weighted by atomic mass is 9.85. The monoisotopic (exact) mass is 464 g/mol. The first-order valence-electron chi connectivity index (χ1n) is 10.0. The summed E-state index contributed by atoms with van der Waals surface area (Å²) in [6.07, 6.45) is 0. The molecule has 33 heavy (non-hydrogen) atoms. The maximum absolute atomic E-state index is 14.7. The third kappa shape index (κ3) is 5.52. The molecule has 1 amide bonds. The van der Waals surface area contributed by atoms with Gasteiger partial charge in [-0.25, -0.2) is 9.49 Å². The van der Waals surface area contributed by atoms with Crippen molar-refractivity contribution in [3.8, 4) is 11.3 Å². The molecule has 0 aliphatic heterocycles. The molecule has 1 aromatic heterocycles. The van der Waals surface area contributed by atoms with E-state index in [0.29, 0.717) is 0 Å². The van der Waals surface area contributed by atoms with Gasteiger partial charge in [0.05, 0.1) is 11.7 Å². The van der Waals surface area contributed by atoms with Gasteiger partial charge in [-0.05, 0) is 35.4 Å². The van der Waals surface area contributed by atoms with Crippen LogP contribution in [0.1, 0.15) is 17.0 Å². The summed E-state index contributed by atoms with van der Waals surface area (Å²) in [6.45, 7) is 0. The number of rotatable bonds is 6. The van der Waals surface area contributed by atoms with Crippen LogP contribution in [0.5, 0.6) is 0 Å². The van der Waals surface area contributed by atoms with E-state index >= 15 is 0 Å². The lowest BCUT2D eigenvalue weighted by Gasteiger charge is -2.24. The zero-order chi connectivity index (χ0) is 22.5. The van der Waals surface area contributed by atoms with Crippen molar-refractivity contribution in [3.63, 3.8) is 0 Å². The Balaban J connectivity index is 0.00000306. The van der Waals surface area contributed by atoms with E-state index in [9.17, 15) is 14.0 Å². The van der Waals surface area contributed by atoms with E-state index in [0.717, 1.165) is 11.1 Å². The number of anilines is 1. The Morgan fingerprint density at radius 2 is 1.52 bits per heavy atom. The number of halogens is 2. The summed E-state index contributed by atoms with van der Waals surface area (Å²) < 4.78 is 14.7. The molecule has 0 bridgehead atoms. The van der Waals surface area contributed by atoms with Crippen LogP contribution in [0.4, 0.5) is 10.1 Å². The van der Waals surface area contributed by atoms with Gasteiger partial charge < -0.3 is 11.1 Å². The van der Waals surface area contributed by atoms with Crippen LogP contribution >= 0.6 is 12.4 Å². The van der Waals surface area contributed by atoms with E-state index in [1.807, 2.05) is 60.7 Å².